The van der Waals surface area contributed by atoms with Gasteiger partial charge in [-0.05, 0) is 55.0 Å². The molecule has 2 aromatic rings. The van der Waals surface area contributed by atoms with Gasteiger partial charge in [0.15, 0.2) is 0 Å². The minimum atomic E-state index is -0.0339. The summed E-state index contributed by atoms with van der Waals surface area (Å²) in [7, 11) is 0. The lowest BCUT2D eigenvalue weighted by Gasteiger charge is -2.33. The highest BCUT2D eigenvalue weighted by Gasteiger charge is 2.24. The van der Waals surface area contributed by atoms with Crippen molar-refractivity contribution in [2.75, 3.05) is 18.4 Å². The van der Waals surface area contributed by atoms with E-state index in [1.165, 1.54) is 36.6 Å². The van der Waals surface area contributed by atoms with Crippen molar-refractivity contribution in [3.63, 3.8) is 0 Å². The van der Waals surface area contributed by atoms with E-state index >= 15 is 0 Å². The summed E-state index contributed by atoms with van der Waals surface area (Å²) in [5, 5.41) is 10.4. The number of H-pyrrole nitrogens is 1. The van der Waals surface area contributed by atoms with Crippen molar-refractivity contribution in [1.82, 2.24) is 15.1 Å². The zero-order valence-corrected chi connectivity index (χ0v) is 16.1. The number of carbonyl (C=O) groups excluding carboxylic acids is 1. The number of nitrogens with one attached hydrogen (secondary N) is 2. The average molecular weight is 354 g/mol. The van der Waals surface area contributed by atoms with Crippen LogP contribution in [0.1, 0.15) is 56.4 Å². The van der Waals surface area contributed by atoms with Gasteiger partial charge in [-0.2, -0.15) is 5.10 Å². The zero-order valence-electron chi connectivity index (χ0n) is 16.1. The topological polar surface area (TPSA) is 61.0 Å². The fourth-order valence-electron chi connectivity index (χ4n) is 3.87. The van der Waals surface area contributed by atoms with Gasteiger partial charge in [0, 0.05) is 37.3 Å². The van der Waals surface area contributed by atoms with Gasteiger partial charge < -0.3 is 5.32 Å². The molecule has 0 aliphatic carbocycles. The average Bonchev–Trinajstić information content (AvgIpc) is 3.04. The first-order valence-electron chi connectivity index (χ1n) is 9.62. The molecular formula is C21H30N4O. The number of amides is 1. The summed E-state index contributed by atoms with van der Waals surface area (Å²) in [4.78, 5) is 13.7. The van der Waals surface area contributed by atoms with Crippen molar-refractivity contribution in [3.05, 3.63) is 47.3 Å². The van der Waals surface area contributed by atoms with Gasteiger partial charge in [-0.1, -0.05) is 26.0 Å². The van der Waals surface area contributed by atoms with Crippen LogP contribution < -0.4 is 5.32 Å². The number of hydrogen-bond donors (Lipinski definition) is 2. The molecule has 3 rings (SSSR count). The van der Waals surface area contributed by atoms with Crippen molar-refractivity contribution < 1.29 is 4.79 Å². The molecule has 1 aliphatic rings. The van der Waals surface area contributed by atoms with Gasteiger partial charge in [0.25, 0.3) is 0 Å². The molecule has 5 heteroatoms. The smallest absolute Gasteiger partial charge is 0.221 e. The molecule has 1 aromatic carbocycles. The second-order valence-corrected chi connectivity index (χ2v) is 7.86. The molecule has 1 amide bonds. The molecule has 5 nitrogen and oxygen atoms in total. The number of hydrogen-bond acceptors (Lipinski definition) is 3. The molecule has 1 aromatic heterocycles. The monoisotopic (exact) mass is 354 g/mol. The van der Waals surface area contributed by atoms with Gasteiger partial charge in [-0.15, -0.1) is 0 Å². The molecule has 1 unspecified atom stereocenters. The second-order valence-electron chi connectivity index (χ2n) is 7.86. The maximum atomic E-state index is 11.1. The fourth-order valence-corrected chi connectivity index (χ4v) is 3.87. The quantitative estimate of drug-likeness (QED) is 0.826. The maximum Gasteiger partial charge on any atom is 0.221 e. The molecule has 2 N–H and O–H groups in total. The van der Waals surface area contributed by atoms with E-state index in [2.05, 4.69) is 46.4 Å². The van der Waals surface area contributed by atoms with E-state index < -0.39 is 0 Å². The molecule has 0 saturated carbocycles. The summed E-state index contributed by atoms with van der Waals surface area (Å²) in [5.41, 5.74) is 4.86. The number of rotatable bonds is 6. The van der Waals surface area contributed by atoms with E-state index in [1.54, 1.807) is 0 Å². The molecule has 1 fully saturated rings. The van der Waals surface area contributed by atoms with Crippen LogP contribution in [0.2, 0.25) is 0 Å². The fraction of sp³-hybridized carbons (Fsp3) is 0.524. The van der Waals surface area contributed by atoms with Crippen LogP contribution in [0.25, 0.3) is 0 Å². The molecule has 1 saturated heterocycles. The number of nitrogens with zero attached hydrogens (tertiary/aromatic N) is 2. The number of likely N-dealkylation sites (tertiary alicyclic amines) is 1. The van der Waals surface area contributed by atoms with Crippen molar-refractivity contribution in [3.8, 4) is 0 Å². The third-order valence-electron chi connectivity index (χ3n) is 4.97. The molecule has 2 heterocycles. The van der Waals surface area contributed by atoms with Crippen LogP contribution in [0, 0.1) is 5.92 Å². The SMILES string of the molecule is CC(=O)Nc1ccc(CN2CCCC(c3[nH]ncc3CC(C)C)C2)cc1. The maximum absolute atomic E-state index is 11.1. The summed E-state index contributed by atoms with van der Waals surface area (Å²) in [6, 6.07) is 8.17. The Hall–Kier alpha value is -2.14. The van der Waals surface area contributed by atoms with Gasteiger partial charge in [0.2, 0.25) is 5.91 Å². The normalized spacial score (nSPS) is 18.2. The summed E-state index contributed by atoms with van der Waals surface area (Å²) < 4.78 is 0. The highest BCUT2D eigenvalue weighted by atomic mass is 16.1. The van der Waals surface area contributed by atoms with Gasteiger partial charge in [-0.3, -0.25) is 14.8 Å². The van der Waals surface area contributed by atoms with E-state index in [4.69, 9.17) is 0 Å². The number of aromatic nitrogens is 2. The van der Waals surface area contributed by atoms with Crippen LogP contribution in [0.15, 0.2) is 30.5 Å². The van der Waals surface area contributed by atoms with Gasteiger partial charge in [0.1, 0.15) is 0 Å². The lowest BCUT2D eigenvalue weighted by Crippen LogP contribution is -2.34. The highest BCUT2D eigenvalue weighted by molar-refractivity contribution is 5.88. The number of aromatic amines is 1. The lowest BCUT2D eigenvalue weighted by molar-refractivity contribution is -0.114. The van der Waals surface area contributed by atoms with Gasteiger partial charge >= 0.3 is 0 Å². The first kappa shape index (κ1) is 18.6. The van der Waals surface area contributed by atoms with E-state index in [9.17, 15) is 4.79 Å². The Labute approximate surface area is 156 Å². The van der Waals surface area contributed by atoms with Crippen molar-refractivity contribution in [2.24, 2.45) is 5.92 Å². The Balaban J connectivity index is 1.62. The Bertz CT molecular complexity index is 720. The van der Waals surface area contributed by atoms with Crippen LogP contribution in [-0.2, 0) is 17.8 Å². The summed E-state index contributed by atoms with van der Waals surface area (Å²) in [6.07, 6.45) is 5.54. The molecule has 0 bridgehead atoms. The molecule has 26 heavy (non-hydrogen) atoms. The van der Waals surface area contributed by atoms with Crippen LogP contribution in [0.3, 0.4) is 0 Å². The minimum absolute atomic E-state index is 0.0339. The van der Waals surface area contributed by atoms with E-state index in [0.717, 1.165) is 31.7 Å². The number of benzene rings is 1. The highest BCUT2D eigenvalue weighted by Crippen LogP contribution is 2.29. The molecule has 1 aliphatic heterocycles. The second kappa shape index (κ2) is 8.49. The first-order valence-corrected chi connectivity index (χ1v) is 9.62. The summed E-state index contributed by atoms with van der Waals surface area (Å²) in [6.45, 7) is 9.21. The predicted molar refractivity (Wildman–Crippen MR) is 105 cm³/mol. The molecule has 1 atom stereocenters. The summed E-state index contributed by atoms with van der Waals surface area (Å²) >= 11 is 0. The molecule has 0 spiro atoms. The van der Waals surface area contributed by atoms with Gasteiger partial charge in [0.05, 0.1) is 6.20 Å². The van der Waals surface area contributed by atoms with Crippen molar-refractivity contribution in [2.45, 2.75) is 52.5 Å². The van der Waals surface area contributed by atoms with Crippen molar-refractivity contribution >= 4 is 11.6 Å². The largest absolute Gasteiger partial charge is 0.326 e. The molecule has 140 valence electrons. The lowest BCUT2D eigenvalue weighted by atomic mass is 9.90. The van der Waals surface area contributed by atoms with Gasteiger partial charge in [-0.25, -0.2) is 0 Å². The van der Waals surface area contributed by atoms with E-state index in [-0.39, 0.29) is 5.91 Å². The molecule has 0 radical (unpaired) electrons. The van der Waals surface area contributed by atoms with Crippen LogP contribution in [0.5, 0.6) is 0 Å². The third-order valence-corrected chi connectivity index (χ3v) is 4.97. The Morgan fingerprint density at radius 1 is 1.35 bits per heavy atom. The van der Waals surface area contributed by atoms with E-state index in [0.29, 0.717) is 11.8 Å². The number of anilines is 1. The Morgan fingerprint density at radius 2 is 2.12 bits per heavy atom. The Morgan fingerprint density at radius 3 is 2.81 bits per heavy atom. The van der Waals surface area contributed by atoms with Crippen LogP contribution >= 0.6 is 0 Å². The standard InChI is InChI=1S/C21H30N4O/c1-15(2)11-19-12-22-24-21(19)18-5-4-10-25(14-18)13-17-6-8-20(9-7-17)23-16(3)26/h6-9,12,15,18H,4-5,10-11,13-14H2,1-3H3,(H,22,24)(H,23,26). The molecular weight excluding hydrogens is 324 g/mol. The Kier molecular flexibility index (Phi) is 6.09. The zero-order chi connectivity index (χ0) is 18.5. The third kappa shape index (κ3) is 4.94. The number of piperidine rings is 1. The first-order chi connectivity index (χ1) is 12.5. The predicted octanol–water partition coefficient (Wildman–Crippen LogP) is 3.95. The van der Waals surface area contributed by atoms with Crippen molar-refractivity contribution in [1.29, 1.82) is 0 Å². The van der Waals surface area contributed by atoms with Crippen LogP contribution in [0.4, 0.5) is 5.69 Å². The van der Waals surface area contributed by atoms with E-state index in [1.807, 2.05) is 18.3 Å². The minimum Gasteiger partial charge on any atom is -0.326 e. The number of carbonyl (C=O) groups is 1. The summed E-state index contributed by atoms with van der Waals surface area (Å²) in [5.74, 6) is 1.15. The van der Waals surface area contributed by atoms with Crippen LogP contribution in [-0.4, -0.2) is 34.1 Å².